The Hall–Kier alpha value is -2.04. The lowest BCUT2D eigenvalue weighted by Gasteiger charge is -2.19. The normalized spacial score (nSPS) is 11.8. The SMILES string of the molecule is CCCOc1ccc(CCC(=O)N(C)CC(C)C(=O)O)cc1. The van der Waals surface area contributed by atoms with E-state index in [0.29, 0.717) is 19.4 Å². The standard InChI is InChI=1S/C17H25NO4/c1-4-11-22-15-8-5-14(6-9-15)7-10-16(19)18(3)12-13(2)17(20)21/h5-6,8-9,13H,4,7,10-12H2,1-3H3,(H,20,21). The van der Waals surface area contributed by atoms with Crippen LogP contribution in [0.3, 0.4) is 0 Å². The summed E-state index contributed by atoms with van der Waals surface area (Å²) in [5, 5.41) is 8.86. The molecule has 0 fully saturated rings. The zero-order valence-electron chi connectivity index (χ0n) is 13.5. The molecule has 0 aromatic heterocycles. The van der Waals surface area contributed by atoms with Gasteiger partial charge in [-0.2, -0.15) is 0 Å². The predicted molar refractivity (Wildman–Crippen MR) is 85.0 cm³/mol. The van der Waals surface area contributed by atoms with Crippen molar-refractivity contribution < 1.29 is 19.4 Å². The highest BCUT2D eigenvalue weighted by Gasteiger charge is 2.17. The number of carbonyl (C=O) groups excluding carboxylic acids is 1. The van der Waals surface area contributed by atoms with E-state index in [0.717, 1.165) is 17.7 Å². The summed E-state index contributed by atoms with van der Waals surface area (Å²) in [7, 11) is 1.64. The van der Waals surface area contributed by atoms with E-state index < -0.39 is 11.9 Å². The van der Waals surface area contributed by atoms with Gasteiger partial charge in [-0.3, -0.25) is 9.59 Å². The van der Waals surface area contributed by atoms with Crippen LogP contribution in [0.15, 0.2) is 24.3 Å². The largest absolute Gasteiger partial charge is 0.494 e. The van der Waals surface area contributed by atoms with Crippen LogP contribution < -0.4 is 4.74 Å². The summed E-state index contributed by atoms with van der Waals surface area (Å²) in [5.41, 5.74) is 1.07. The fourth-order valence-corrected chi connectivity index (χ4v) is 2.01. The number of hydrogen-bond acceptors (Lipinski definition) is 3. The van der Waals surface area contributed by atoms with Gasteiger partial charge in [-0.1, -0.05) is 26.0 Å². The van der Waals surface area contributed by atoms with Gasteiger partial charge >= 0.3 is 5.97 Å². The molecule has 0 heterocycles. The second-order valence-electron chi connectivity index (χ2n) is 5.51. The van der Waals surface area contributed by atoms with Crippen molar-refractivity contribution >= 4 is 11.9 Å². The molecule has 0 aliphatic carbocycles. The molecule has 5 nitrogen and oxygen atoms in total. The van der Waals surface area contributed by atoms with Crippen molar-refractivity contribution in [3.8, 4) is 5.75 Å². The zero-order valence-corrected chi connectivity index (χ0v) is 13.5. The Kier molecular flexibility index (Phi) is 7.43. The van der Waals surface area contributed by atoms with Crippen LogP contribution in [-0.4, -0.2) is 42.1 Å². The molecule has 0 spiro atoms. The van der Waals surface area contributed by atoms with Crippen molar-refractivity contribution in [2.45, 2.75) is 33.1 Å². The summed E-state index contributed by atoms with van der Waals surface area (Å²) in [6.07, 6.45) is 1.98. The first-order valence-corrected chi connectivity index (χ1v) is 7.62. The number of ether oxygens (including phenoxy) is 1. The van der Waals surface area contributed by atoms with Gasteiger partial charge in [0.25, 0.3) is 0 Å². The number of carboxylic acids is 1. The maximum absolute atomic E-state index is 12.0. The van der Waals surface area contributed by atoms with Crippen LogP contribution in [0.2, 0.25) is 0 Å². The van der Waals surface area contributed by atoms with E-state index in [1.165, 1.54) is 4.90 Å². The van der Waals surface area contributed by atoms with Gasteiger partial charge in [0.2, 0.25) is 5.91 Å². The van der Waals surface area contributed by atoms with Gasteiger partial charge < -0.3 is 14.7 Å². The molecule has 1 amide bonds. The van der Waals surface area contributed by atoms with E-state index >= 15 is 0 Å². The summed E-state index contributed by atoms with van der Waals surface area (Å²) in [6, 6.07) is 7.73. The predicted octanol–water partition coefficient (Wildman–Crippen LogP) is 2.59. The van der Waals surface area contributed by atoms with Crippen molar-refractivity contribution in [1.82, 2.24) is 4.90 Å². The number of hydrogen-bond donors (Lipinski definition) is 1. The molecule has 0 aliphatic heterocycles. The van der Waals surface area contributed by atoms with Crippen LogP contribution in [0.4, 0.5) is 0 Å². The van der Waals surface area contributed by atoms with Crippen LogP contribution in [0, 0.1) is 5.92 Å². The summed E-state index contributed by atoms with van der Waals surface area (Å²) in [5.74, 6) is -0.644. The van der Waals surface area contributed by atoms with Gasteiger partial charge in [0.15, 0.2) is 0 Å². The molecule has 1 unspecified atom stereocenters. The molecule has 0 saturated heterocycles. The summed E-state index contributed by atoms with van der Waals surface area (Å²) in [4.78, 5) is 24.3. The number of benzene rings is 1. The quantitative estimate of drug-likeness (QED) is 0.761. The first kappa shape index (κ1) is 18.0. The molecule has 1 aromatic rings. The van der Waals surface area contributed by atoms with Gasteiger partial charge in [-0.25, -0.2) is 0 Å². The van der Waals surface area contributed by atoms with Gasteiger partial charge in [-0.15, -0.1) is 0 Å². The van der Waals surface area contributed by atoms with Gasteiger partial charge in [-0.05, 0) is 30.5 Å². The molecule has 0 aliphatic rings. The highest BCUT2D eigenvalue weighted by atomic mass is 16.5. The van der Waals surface area contributed by atoms with Crippen LogP contribution in [0.25, 0.3) is 0 Å². The molecule has 1 atom stereocenters. The van der Waals surface area contributed by atoms with E-state index in [4.69, 9.17) is 9.84 Å². The molecule has 0 bridgehead atoms. The summed E-state index contributed by atoms with van der Waals surface area (Å²) >= 11 is 0. The lowest BCUT2D eigenvalue weighted by atomic mass is 10.1. The van der Waals surface area contributed by atoms with Crippen molar-refractivity contribution in [3.05, 3.63) is 29.8 Å². The van der Waals surface area contributed by atoms with Gasteiger partial charge in [0.1, 0.15) is 5.75 Å². The number of carboxylic acid groups (broad SMARTS) is 1. The lowest BCUT2D eigenvalue weighted by molar-refractivity contribution is -0.142. The topological polar surface area (TPSA) is 66.8 Å². The maximum atomic E-state index is 12.0. The van der Waals surface area contributed by atoms with Crippen LogP contribution in [0.5, 0.6) is 5.75 Å². The van der Waals surface area contributed by atoms with Crippen molar-refractivity contribution in [2.75, 3.05) is 20.2 Å². The Balaban J connectivity index is 2.41. The number of aliphatic carboxylic acids is 1. The van der Waals surface area contributed by atoms with Crippen LogP contribution in [-0.2, 0) is 16.0 Å². The summed E-state index contributed by atoms with van der Waals surface area (Å²) < 4.78 is 5.51. The number of amides is 1. The molecule has 0 saturated carbocycles. The molecular weight excluding hydrogens is 282 g/mol. The van der Waals surface area contributed by atoms with Crippen molar-refractivity contribution in [3.63, 3.8) is 0 Å². The Morgan fingerprint density at radius 3 is 2.45 bits per heavy atom. The Labute approximate surface area is 131 Å². The van der Waals surface area contributed by atoms with Gasteiger partial charge in [0, 0.05) is 20.0 Å². The van der Waals surface area contributed by atoms with Crippen molar-refractivity contribution in [1.29, 1.82) is 0 Å². The third kappa shape index (κ3) is 6.16. The number of carbonyl (C=O) groups is 2. The minimum atomic E-state index is -0.887. The molecule has 0 radical (unpaired) electrons. The summed E-state index contributed by atoms with van der Waals surface area (Å²) in [6.45, 7) is 4.59. The minimum absolute atomic E-state index is 0.0422. The monoisotopic (exact) mass is 307 g/mol. The van der Waals surface area contributed by atoms with Crippen LogP contribution in [0.1, 0.15) is 32.3 Å². The smallest absolute Gasteiger partial charge is 0.308 e. The number of aryl methyl sites for hydroxylation is 1. The molecule has 5 heteroatoms. The average molecular weight is 307 g/mol. The first-order chi connectivity index (χ1) is 10.4. The Bertz CT molecular complexity index is 484. The number of rotatable bonds is 9. The van der Waals surface area contributed by atoms with E-state index in [-0.39, 0.29) is 12.5 Å². The fraction of sp³-hybridized carbons (Fsp3) is 0.529. The lowest BCUT2D eigenvalue weighted by Crippen LogP contribution is -2.33. The van der Waals surface area contributed by atoms with E-state index in [9.17, 15) is 9.59 Å². The molecule has 1 N–H and O–H groups in total. The third-order valence-corrected chi connectivity index (χ3v) is 3.42. The highest BCUT2D eigenvalue weighted by Crippen LogP contribution is 2.14. The molecule has 1 aromatic carbocycles. The first-order valence-electron chi connectivity index (χ1n) is 7.62. The van der Waals surface area contributed by atoms with Crippen LogP contribution >= 0.6 is 0 Å². The van der Waals surface area contributed by atoms with E-state index in [2.05, 4.69) is 6.92 Å². The minimum Gasteiger partial charge on any atom is -0.494 e. The van der Waals surface area contributed by atoms with Crippen molar-refractivity contribution in [2.24, 2.45) is 5.92 Å². The van der Waals surface area contributed by atoms with E-state index in [1.807, 2.05) is 24.3 Å². The Morgan fingerprint density at radius 2 is 1.91 bits per heavy atom. The number of nitrogens with zero attached hydrogens (tertiary/aromatic N) is 1. The zero-order chi connectivity index (χ0) is 16.5. The fourth-order valence-electron chi connectivity index (χ4n) is 2.01. The third-order valence-electron chi connectivity index (χ3n) is 3.42. The van der Waals surface area contributed by atoms with Gasteiger partial charge in [0.05, 0.1) is 12.5 Å². The second-order valence-corrected chi connectivity index (χ2v) is 5.51. The van der Waals surface area contributed by atoms with E-state index in [1.54, 1.807) is 14.0 Å². The molecule has 122 valence electrons. The maximum Gasteiger partial charge on any atom is 0.308 e. The Morgan fingerprint density at radius 1 is 1.27 bits per heavy atom. The molecule has 22 heavy (non-hydrogen) atoms. The highest BCUT2D eigenvalue weighted by molar-refractivity contribution is 5.77. The molecule has 1 rings (SSSR count). The average Bonchev–Trinajstić information content (AvgIpc) is 2.51. The molecular formula is C17H25NO4. The second kappa shape index (κ2) is 9.07.